The van der Waals surface area contributed by atoms with Crippen molar-refractivity contribution in [1.82, 2.24) is 14.8 Å². The van der Waals surface area contributed by atoms with Gasteiger partial charge in [-0.05, 0) is 43.3 Å². The van der Waals surface area contributed by atoms with Crippen molar-refractivity contribution < 1.29 is 4.79 Å². The summed E-state index contributed by atoms with van der Waals surface area (Å²) < 4.78 is 1.87. The highest BCUT2D eigenvalue weighted by Crippen LogP contribution is 2.28. The quantitative estimate of drug-likeness (QED) is 0.445. The molecule has 4 nitrogen and oxygen atoms in total. The number of carbonyl (C=O) groups is 1. The monoisotopic (exact) mass is 391 g/mol. The van der Waals surface area contributed by atoms with Crippen LogP contribution in [0.1, 0.15) is 17.3 Å². The highest BCUT2D eigenvalue weighted by atomic mass is 35.5. The van der Waals surface area contributed by atoms with Crippen molar-refractivity contribution in [2.75, 3.05) is 0 Å². The zero-order valence-electron chi connectivity index (χ0n) is 13.6. The second-order valence-corrected chi connectivity index (χ2v) is 7.69. The van der Waals surface area contributed by atoms with E-state index in [0.29, 0.717) is 20.8 Å². The van der Waals surface area contributed by atoms with Crippen LogP contribution in [0.5, 0.6) is 0 Å². The normalized spacial score (nSPS) is 12.2. The molecule has 1 heterocycles. The Balaban J connectivity index is 1.79. The fraction of sp³-hybridized carbons (Fsp3) is 0.167. The van der Waals surface area contributed by atoms with Gasteiger partial charge in [0.2, 0.25) is 0 Å². The first-order valence-electron chi connectivity index (χ1n) is 7.57. The van der Waals surface area contributed by atoms with Gasteiger partial charge in [0.25, 0.3) is 0 Å². The molecule has 2 aromatic carbocycles. The van der Waals surface area contributed by atoms with Crippen LogP contribution in [0.4, 0.5) is 0 Å². The SMILES string of the molecule is CC(Sc1nnc(-c2ccc(Cl)cc2)n1C)C(=O)c1cccc(Cl)c1. The summed E-state index contributed by atoms with van der Waals surface area (Å²) >= 11 is 13.3. The van der Waals surface area contributed by atoms with Crippen LogP contribution in [0, 0.1) is 0 Å². The molecule has 0 saturated carbocycles. The van der Waals surface area contributed by atoms with Crippen LogP contribution in [0.25, 0.3) is 11.4 Å². The number of rotatable bonds is 5. The maximum absolute atomic E-state index is 12.6. The smallest absolute Gasteiger partial charge is 0.191 e. The molecule has 0 aliphatic heterocycles. The van der Waals surface area contributed by atoms with Crippen LogP contribution >= 0.6 is 35.0 Å². The molecule has 0 fully saturated rings. The predicted octanol–water partition coefficient (Wildman–Crippen LogP) is 5.15. The fourth-order valence-corrected chi connectivity index (χ4v) is 3.56. The van der Waals surface area contributed by atoms with Crippen molar-refractivity contribution in [3.05, 3.63) is 64.1 Å². The second-order valence-electron chi connectivity index (χ2n) is 5.51. The van der Waals surface area contributed by atoms with E-state index < -0.39 is 0 Å². The van der Waals surface area contributed by atoms with Gasteiger partial charge in [-0.25, -0.2) is 0 Å². The summed E-state index contributed by atoms with van der Waals surface area (Å²) in [6.45, 7) is 1.85. The van der Waals surface area contributed by atoms with Crippen molar-refractivity contribution in [2.45, 2.75) is 17.3 Å². The van der Waals surface area contributed by atoms with Crippen molar-refractivity contribution in [1.29, 1.82) is 0 Å². The molecule has 0 aliphatic rings. The molecule has 25 heavy (non-hydrogen) atoms. The summed E-state index contributed by atoms with van der Waals surface area (Å²) in [5.74, 6) is 0.727. The number of hydrogen-bond acceptors (Lipinski definition) is 4. The molecule has 0 saturated heterocycles. The molecule has 0 amide bonds. The molecular weight excluding hydrogens is 377 g/mol. The Morgan fingerprint density at radius 2 is 1.80 bits per heavy atom. The third kappa shape index (κ3) is 4.06. The van der Waals surface area contributed by atoms with Gasteiger partial charge in [-0.15, -0.1) is 10.2 Å². The molecule has 7 heteroatoms. The highest BCUT2D eigenvalue weighted by molar-refractivity contribution is 8.00. The van der Waals surface area contributed by atoms with E-state index in [4.69, 9.17) is 23.2 Å². The van der Waals surface area contributed by atoms with E-state index in [1.165, 1.54) is 11.8 Å². The maximum Gasteiger partial charge on any atom is 0.191 e. The minimum atomic E-state index is -0.306. The lowest BCUT2D eigenvalue weighted by atomic mass is 10.1. The van der Waals surface area contributed by atoms with Crippen LogP contribution in [0.3, 0.4) is 0 Å². The number of Topliss-reactive ketones (excluding diaryl/α,β-unsaturated/α-hetero) is 1. The lowest BCUT2D eigenvalue weighted by molar-refractivity contribution is 0.0994. The number of aromatic nitrogens is 3. The van der Waals surface area contributed by atoms with Crippen LogP contribution in [0.2, 0.25) is 10.0 Å². The summed E-state index contributed by atoms with van der Waals surface area (Å²) in [7, 11) is 1.88. The second kappa shape index (κ2) is 7.60. The summed E-state index contributed by atoms with van der Waals surface area (Å²) in [4.78, 5) is 12.6. The lowest BCUT2D eigenvalue weighted by Gasteiger charge is -2.10. The summed E-state index contributed by atoms with van der Waals surface area (Å²) in [6, 6.07) is 14.4. The Labute approximate surface area is 160 Å². The number of nitrogens with zero attached hydrogens (tertiary/aromatic N) is 3. The molecule has 0 aliphatic carbocycles. The van der Waals surface area contributed by atoms with Gasteiger partial charge in [-0.1, -0.05) is 47.1 Å². The molecule has 0 radical (unpaired) electrons. The first-order chi connectivity index (χ1) is 12.0. The zero-order chi connectivity index (χ0) is 18.0. The molecule has 0 N–H and O–H groups in total. The topological polar surface area (TPSA) is 47.8 Å². The van der Waals surface area contributed by atoms with Gasteiger partial charge in [-0.3, -0.25) is 4.79 Å². The van der Waals surface area contributed by atoms with Gasteiger partial charge in [-0.2, -0.15) is 0 Å². The van der Waals surface area contributed by atoms with Gasteiger partial charge in [0.1, 0.15) is 0 Å². The van der Waals surface area contributed by atoms with Gasteiger partial charge < -0.3 is 4.57 Å². The van der Waals surface area contributed by atoms with Crippen LogP contribution in [0.15, 0.2) is 53.7 Å². The third-order valence-electron chi connectivity index (χ3n) is 3.70. The van der Waals surface area contributed by atoms with Gasteiger partial charge in [0.15, 0.2) is 16.8 Å². The molecule has 3 aromatic rings. The third-order valence-corrected chi connectivity index (χ3v) is 5.32. The van der Waals surface area contributed by atoms with Crippen molar-refractivity contribution in [3.8, 4) is 11.4 Å². The van der Waals surface area contributed by atoms with E-state index in [0.717, 1.165) is 11.4 Å². The van der Waals surface area contributed by atoms with Crippen molar-refractivity contribution >= 4 is 40.7 Å². The van der Waals surface area contributed by atoms with E-state index in [1.54, 1.807) is 24.3 Å². The number of carbonyl (C=O) groups excluding carboxylic acids is 1. The summed E-state index contributed by atoms with van der Waals surface area (Å²) in [5, 5.41) is 10.0. The standard InChI is InChI=1S/C18H15Cl2N3OS/c1-11(16(24)13-4-3-5-15(20)10-13)25-18-22-21-17(23(18)2)12-6-8-14(19)9-7-12/h3-11H,1-2H3. The molecule has 1 unspecified atom stereocenters. The molecule has 0 bridgehead atoms. The van der Waals surface area contributed by atoms with Crippen LogP contribution < -0.4 is 0 Å². The Bertz CT molecular complexity index is 909. The zero-order valence-corrected chi connectivity index (χ0v) is 15.9. The summed E-state index contributed by atoms with van der Waals surface area (Å²) in [5.41, 5.74) is 1.51. The number of halogens is 2. The number of ketones is 1. The minimum Gasteiger partial charge on any atom is -0.305 e. The van der Waals surface area contributed by atoms with Crippen LogP contribution in [-0.2, 0) is 7.05 Å². The molecular formula is C18H15Cl2N3OS. The average Bonchev–Trinajstić information content (AvgIpc) is 2.95. The largest absolute Gasteiger partial charge is 0.305 e. The fourth-order valence-electron chi connectivity index (χ4n) is 2.36. The number of benzene rings is 2. The van der Waals surface area contributed by atoms with Gasteiger partial charge in [0, 0.05) is 28.2 Å². The maximum atomic E-state index is 12.6. The summed E-state index contributed by atoms with van der Waals surface area (Å²) in [6.07, 6.45) is 0. The Hall–Kier alpha value is -1.82. The van der Waals surface area contributed by atoms with E-state index in [-0.39, 0.29) is 11.0 Å². The first-order valence-corrected chi connectivity index (χ1v) is 9.21. The van der Waals surface area contributed by atoms with Crippen LogP contribution in [-0.4, -0.2) is 25.8 Å². The van der Waals surface area contributed by atoms with E-state index in [1.807, 2.05) is 42.8 Å². The number of thioether (sulfide) groups is 1. The molecule has 0 spiro atoms. The predicted molar refractivity (Wildman–Crippen MR) is 103 cm³/mol. The van der Waals surface area contributed by atoms with Gasteiger partial charge >= 0.3 is 0 Å². The first kappa shape index (κ1) is 18.0. The minimum absolute atomic E-state index is 0.00328. The Morgan fingerprint density at radius 3 is 2.48 bits per heavy atom. The molecule has 3 rings (SSSR count). The van der Waals surface area contributed by atoms with E-state index >= 15 is 0 Å². The highest BCUT2D eigenvalue weighted by Gasteiger charge is 2.20. The average molecular weight is 392 g/mol. The van der Waals surface area contributed by atoms with E-state index in [9.17, 15) is 4.79 Å². The Kier molecular flexibility index (Phi) is 5.47. The molecule has 1 atom stereocenters. The van der Waals surface area contributed by atoms with Crippen molar-refractivity contribution in [2.24, 2.45) is 7.05 Å². The van der Waals surface area contributed by atoms with Crippen molar-refractivity contribution in [3.63, 3.8) is 0 Å². The van der Waals surface area contributed by atoms with Gasteiger partial charge in [0.05, 0.1) is 5.25 Å². The molecule has 1 aromatic heterocycles. The lowest BCUT2D eigenvalue weighted by Crippen LogP contribution is -2.14. The number of hydrogen-bond donors (Lipinski definition) is 0. The Morgan fingerprint density at radius 1 is 1.08 bits per heavy atom. The van der Waals surface area contributed by atoms with E-state index in [2.05, 4.69) is 10.2 Å². The molecule has 128 valence electrons.